The third-order valence-corrected chi connectivity index (χ3v) is 8.48. The first-order valence-electron chi connectivity index (χ1n) is 13.7. The molecule has 0 fully saturated rings. The number of anilines is 1. The highest BCUT2D eigenvalue weighted by Crippen LogP contribution is 2.29. The van der Waals surface area contributed by atoms with Crippen molar-refractivity contribution in [2.24, 2.45) is 5.92 Å². The Hall–Kier alpha value is -2.86. The smallest absolute Gasteiger partial charge is 0.261 e. The number of aliphatic hydroxyl groups is 1. The maximum atomic E-state index is 14.1. The van der Waals surface area contributed by atoms with Crippen molar-refractivity contribution < 1.29 is 32.5 Å². The average Bonchev–Trinajstić information content (AvgIpc) is 2.94. The van der Waals surface area contributed by atoms with E-state index in [4.69, 9.17) is 14.2 Å². The summed E-state index contributed by atoms with van der Waals surface area (Å²) in [5.41, 5.74) is 0.443. The molecule has 11 heteroatoms. The molecule has 2 aromatic carbocycles. The molecule has 10 nitrogen and oxygen atoms in total. The highest BCUT2D eigenvalue weighted by atomic mass is 32.2. The summed E-state index contributed by atoms with van der Waals surface area (Å²) in [4.78, 5) is 15.7. The molecule has 4 atom stereocenters. The Kier molecular flexibility index (Phi) is 11.6. The number of hydrogen-bond acceptors (Lipinski definition) is 8. The number of rotatable bonds is 8. The van der Waals surface area contributed by atoms with Gasteiger partial charge in [0.15, 0.2) is 0 Å². The van der Waals surface area contributed by atoms with Gasteiger partial charge in [0.2, 0.25) is 0 Å². The number of carbonyl (C=O) groups excluding carboxylic acids is 1. The molecule has 0 saturated heterocycles. The molecule has 0 aromatic heterocycles. The monoisotopic (exact) mass is 577 g/mol. The number of amides is 1. The van der Waals surface area contributed by atoms with E-state index in [-0.39, 0.29) is 46.8 Å². The van der Waals surface area contributed by atoms with E-state index < -0.39 is 16.1 Å². The number of fused-ring (bicyclic) bond motifs is 1. The van der Waals surface area contributed by atoms with Crippen LogP contribution in [0, 0.1) is 5.92 Å². The predicted octanol–water partition coefficient (Wildman–Crippen LogP) is 3.51. The van der Waals surface area contributed by atoms with Crippen LogP contribution in [-0.2, 0) is 14.8 Å². The van der Waals surface area contributed by atoms with Crippen molar-refractivity contribution in [2.45, 2.75) is 63.2 Å². The molecule has 1 aliphatic rings. The molecule has 40 heavy (non-hydrogen) atoms. The van der Waals surface area contributed by atoms with E-state index in [1.165, 1.54) is 25.3 Å². The molecule has 1 amide bonds. The summed E-state index contributed by atoms with van der Waals surface area (Å²) in [6, 6.07) is 10.3. The largest absolute Gasteiger partial charge is 0.497 e. The highest BCUT2D eigenvalue weighted by Gasteiger charge is 2.30. The van der Waals surface area contributed by atoms with Crippen LogP contribution in [0.15, 0.2) is 47.4 Å². The summed E-state index contributed by atoms with van der Waals surface area (Å²) in [5.74, 6) is 0.513. The van der Waals surface area contributed by atoms with Gasteiger partial charge in [0, 0.05) is 31.3 Å². The topological polar surface area (TPSA) is 126 Å². The second-order valence-corrected chi connectivity index (χ2v) is 12.0. The van der Waals surface area contributed by atoms with E-state index in [0.717, 1.165) is 19.3 Å². The van der Waals surface area contributed by atoms with E-state index in [2.05, 4.69) is 10.0 Å². The second kappa shape index (κ2) is 14.7. The van der Waals surface area contributed by atoms with Crippen molar-refractivity contribution in [3.63, 3.8) is 0 Å². The number of nitrogens with one attached hydrogen (secondary N) is 2. The number of likely N-dealkylation sites (N-methyl/N-ethyl adjacent to an activating group) is 1. The fourth-order valence-electron chi connectivity index (χ4n) is 4.65. The molecule has 3 N–H and O–H groups in total. The van der Waals surface area contributed by atoms with Crippen LogP contribution in [0.1, 0.15) is 50.4 Å². The van der Waals surface area contributed by atoms with Gasteiger partial charge in [-0.25, -0.2) is 8.42 Å². The van der Waals surface area contributed by atoms with Crippen LogP contribution < -0.4 is 19.5 Å². The first-order chi connectivity index (χ1) is 19.1. The van der Waals surface area contributed by atoms with Gasteiger partial charge in [-0.05, 0) is 82.6 Å². The molecule has 0 spiro atoms. The van der Waals surface area contributed by atoms with Gasteiger partial charge in [-0.1, -0.05) is 6.92 Å². The zero-order valence-corrected chi connectivity index (χ0v) is 24.9. The molecular weight excluding hydrogens is 534 g/mol. The highest BCUT2D eigenvalue weighted by molar-refractivity contribution is 7.92. The van der Waals surface area contributed by atoms with Gasteiger partial charge in [0.05, 0.1) is 42.4 Å². The Bertz CT molecular complexity index is 1210. The lowest BCUT2D eigenvalue weighted by Crippen LogP contribution is -2.47. The minimum Gasteiger partial charge on any atom is -0.497 e. The molecule has 1 heterocycles. The zero-order chi connectivity index (χ0) is 29.3. The minimum absolute atomic E-state index is 0.0339. The van der Waals surface area contributed by atoms with Crippen LogP contribution >= 0.6 is 0 Å². The lowest BCUT2D eigenvalue weighted by Gasteiger charge is -2.34. The molecule has 0 saturated carbocycles. The molecular formula is C29H43N3O7S. The number of ether oxygens (including phenoxy) is 3. The number of nitrogens with zero attached hydrogens (tertiary/aromatic N) is 1. The van der Waals surface area contributed by atoms with Crippen LogP contribution in [0.4, 0.5) is 5.69 Å². The Morgan fingerprint density at radius 1 is 1.15 bits per heavy atom. The van der Waals surface area contributed by atoms with Crippen molar-refractivity contribution in [1.82, 2.24) is 10.2 Å². The van der Waals surface area contributed by atoms with Crippen molar-refractivity contribution in [3.8, 4) is 11.5 Å². The van der Waals surface area contributed by atoms with Gasteiger partial charge >= 0.3 is 0 Å². The predicted molar refractivity (Wildman–Crippen MR) is 155 cm³/mol. The van der Waals surface area contributed by atoms with Crippen molar-refractivity contribution in [3.05, 3.63) is 48.0 Å². The molecule has 0 unspecified atom stereocenters. The van der Waals surface area contributed by atoms with E-state index >= 15 is 0 Å². The number of methoxy groups -OCH3 is 1. The van der Waals surface area contributed by atoms with Gasteiger partial charge in [-0.15, -0.1) is 0 Å². The van der Waals surface area contributed by atoms with E-state index in [1.54, 1.807) is 36.1 Å². The maximum absolute atomic E-state index is 14.1. The molecule has 3 rings (SSSR count). The molecule has 0 radical (unpaired) electrons. The van der Waals surface area contributed by atoms with Crippen LogP contribution in [-0.4, -0.2) is 83.0 Å². The standard InChI is InChI=1S/C29H43N3O7S/c1-20-18-32(21(2)19-33)29(34)26-16-23(31-40(35,36)25-12-10-24(37-5)11-13-25)9-14-27(26)39-22(3)8-6-7-15-38-28(20)17-30-4/h9-14,16,20-22,28,30-31,33H,6-8,15,17-19H2,1-5H3/t20-,21+,22+,28-/m0/s1. The maximum Gasteiger partial charge on any atom is 0.261 e. The third-order valence-electron chi connectivity index (χ3n) is 7.08. The number of aliphatic hydroxyl groups excluding tert-OH is 1. The number of hydrogen-bond donors (Lipinski definition) is 3. The van der Waals surface area contributed by atoms with Crippen LogP contribution in [0.3, 0.4) is 0 Å². The zero-order valence-electron chi connectivity index (χ0n) is 24.1. The van der Waals surface area contributed by atoms with Gasteiger partial charge < -0.3 is 29.5 Å². The Morgan fingerprint density at radius 2 is 1.88 bits per heavy atom. The lowest BCUT2D eigenvalue weighted by molar-refractivity contribution is -0.000450. The summed E-state index contributed by atoms with van der Waals surface area (Å²) >= 11 is 0. The Balaban J connectivity index is 2.01. The Morgan fingerprint density at radius 3 is 2.52 bits per heavy atom. The fourth-order valence-corrected chi connectivity index (χ4v) is 5.70. The fraction of sp³-hybridized carbons (Fsp3) is 0.552. The average molecular weight is 578 g/mol. The number of benzene rings is 2. The molecule has 1 aliphatic heterocycles. The van der Waals surface area contributed by atoms with Crippen LogP contribution in [0.25, 0.3) is 0 Å². The van der Waals surface area contributed by atoms with Crippen molar-refractivity contribution in [2.75, 3.05) is 45.2 Å². The summed E-state index contributed by atoms with van der Waals surface area (Å²) in [6.07, 6.45) is 2.26. The number of sulfonamides is 1. The van der Waals surface area contributed by atoms with E-state index in [9.17, 15) is 18.3 Å². The quantitative estimate of drug-likeness (QED) is 0.435. The summed E-state index contributed by atoms with van der Waals surface area (Å²) in [5, 5.41) is 13.2. The molecule has 0 aliphatic carbocycles. The van der Waals surface area contributed by atoms with Crippen LogP contribution in [0.2, 0.25) is 0 Å². The van der Waals surface area contributed by atoms with Gasteiger partial charge in [0.1, 0.15) is 11.5 Å². The molecule has 2 aromatic rings. The lowest BCUT2D eigenvalue weighted by atomic mass is 10.0. The van der Waals surface area contributed by atoms with Crippen LogP contribution in [0.5, 0.6) is 11.5 Å². The summed E-state index contributed by atoms with van der Waals surface area (Å²) < 4.78 is 46.3. The van der Waals surface area contributed by atoms with Gasteiger partial charge in [-0.3, -0.25) is 9.52 Å². The first kappa shape index (κ1) is 31.7. The van der Waals surface area contributed by atoms with Gasteiger partial charge in [-0.2, -0.15) is 0 Å². The van der Waals surface area contributed by atoms with E-state index in [0.29, 0.717) is 31.2 Å². The summed E-state index contributed by atoms with van der Waals surface area (Å²) in [6.45, 7) is 7.10. The van der Waals surface area contributed by atoms with Crippen molar-refractivity contribution in [1.29, 1.82) is 0 Å². The molecule has 0 bridgehead atoms. The third kappa shape index (κ3) is 8.33. The minimum atomic E-state index is -3.93. The normalized spacial score (nSPS) is 22.0. The Labute approximate surface area is 238 Å². The van der Waals surface area contributed by atoms with E-state index in [1.807, 2.05) is 20.9 Å². The summed E-state index contributed by atoms with van der Waals surface area (Å²) in [7, 11) is -0.562. The van der Waals surface area contributed by atoms with Gasteiger partial charge in [0.25, 0.3) is 15.9 Å². The molecule has 222 valence electrons. The first-order valence-corrected chi connectivity index (χ1v) is 15.2. The van der Waals surface area contributed by atoms with Crippen molar-refractivity contribution >= 4 is 21.6 Å². The second-order valence-electron chi connectivity index (χ2n) is 10.3. The number of carbonyl (C=O) groups is 1. The SMILES string of the molecule is CNC[C@@H]1OCCCC[C@@H](C)Oc2ccc(NS(=O)(=O)c3ccc(OC)cc3)cc2C(=O)N([C@H](C)CO)C[C@@H]1C.